The van der Waals surface area contributed by atoms with E-state index in [-0.39, 0.29) is 30.7 Å². The fourth-order valence-corrected chi connectivity index (χ4v) is 15.9. The van der Waals surface area contributed by atoms with Gasteiger partial charge < -0.3 is 24.8 Å². The van der Waals surface area contributed by atoms with Crippen LogP contribution < -0.4 is 30.0 Å². The first-order chi connectivity index (χ1) is 22.7. The summed E-state index contributed by atoms with van der Waals surface area (Å²) in [5.41, 5.74) is 15.8. The molecule has 0 fully saturated rings. The Morgan fingerprint density at radius 1 is 0.694 bits per heavy atom. The van der Waals surface area contributed by atoms with Gasteiger partial charge in [0.2, 0.25) is 0 Å². The summed E-state index contributed by atoms with van der Waals surface area (Å²) < 4.78 is 0.503. The van der Waals surface area contributed by atoms with Gasteiger partial charge in [-0.15, -0.1) is 0 Å². The van der Waals surface area contributed by atoms with Gasteiger partial charge in [-0.25, -0.2) is 0 Å². The molecule has 1 aliphatic heterocycles. The van der Waals surface area contributed by atoms with Crippen molar-refractivity contribution in [3.8, 4) is 22.3 Å². The molecule has 2 aliphatic carbocycles. The van der Waals surface area contributed by atoms with E-state index in [1.807, 2.05) is 0 Å². The molecule has 9 rings (SSSR count). The number of hydrogen-bond acceptors (Lipinski definition) is 0. The van der Waals surface area contributed by atoms with Gasteiger partial charge in [0.1, 0.15) is 0 Å². The zero-order valence-corrected chi connectivity index (χ0v) is 34.0. The molecule has 3 aliphatic rings. The first-order valence-corrected chi connectivity index (χ1v) is 21.6. The van der Waals surface area contributed by atoms with Gasteiger partial charge in [0.25, 0.3) is 0 Å². The van der Waals surface area contributed by atoms with E-state index in [0.717, 1.165) is 5.02 Å². The number of rotatable bonds is 4. The molecule has 2 bridgehead atoms. The van der Waals surface area contributed by atoms with Crippen LogP contribution in [0, 0.1) is 5.92 Å². The molecule has 6 aromatic rings. The van der Waals surface area contributed by atoms with Crippen molar-refractivity contribution in [3.63, 3.8) is 0 Å². The molecular formula is C44H36Cl3SiZr. The number of hydrogen-bond donors (Lipinski definition) is 0. The van der Waals surface area contributed by atoms with Gasteiger partial charge in [0, 0.05) is 0 Å². The van der Waals surface area contributed by atoms with Gasteiger partial charge in [-0.1, -0.05) is 6.07 Å². The van der Waals surface area contributed by atoms with Crippen LogP contribution in [-0.4, -0.2) is 8.07 Å². The van der Waals surface area contributed by atoms with Crippen LogP contribution >= 0.6 is 11.6 Å². The number of fused-ring (bicyclic) bond motifs is 4. The van der Waals surface area contributed by atoms with Crippen molar-refractivity contribution in [1.82, 2.24) is 0 Å². The molecule has 0 N–H and O–H groups in total. The third-order valence-electron chi connectivity index (χ3n) is 11.2. The van der Waals surface area contributed by atoms with Crippen molar-refractivity contribution in [2.45, 2.75) is 43.4 Å². The first kappa shape index (κ1) is 34.7. The van der Waals surface area contributed by atoms with Gasteiger partial charge >= 0.3 is 295 Å². The molecule has 0 saturated heterocycles. The molecule has 241 valence electrons. The Bertz CT molecular complexity index is 2410. The van der Waals surface area contributed by atoms with E-state index in [2.05, 4.69) is 143 Å². The SMILES string of the molecule is CC1=Cc2c(-c3cccc4ccccc34)ccc(Cl)c2C1c1cc2c3c(-c4cccc5ccccc45)c1[Si](C)(C)C3=C(C(C)C)[CH]2[Zr+2].[Cl-].[Cl-]. The van der Waals surface area contributed by atoms with Gasteiger partial charge in [-0.3, -0.25) is 0 Å². The third kappa shape index (κ3) is 4.85. The number of benzene rings is 6. The molecule has 0 nitrogen and oxygen atoms in total. The van der Waals surface area contributed by atoms with Gasteiger partial charge in [-0.2, -0.15) is 0 Å². The van der Waals surface area contributed by atoms with Crippen LogP contribution in [0.2, 0.25) is 18.1 Å². The second-order valence-corrected chi connectivity index (χ2v) is 20.6. The van der Waals surface area contributed by atoms with Gasteiger partial charge in [0.05, 0.1) is 0 Å². The largest absolute Gasteiger partial charge is 1.00 e. The Morgan fingerprint density at radius 2 is 1.29 bits per heavy atom. The van der Waals surface area contributed by atoms with E-state index in [0.29, 0.717) is 9.54 Å². The van der Waals surface area contributed by atoms with Crippen LogP contribution in [0.3, 0.4) is 0 Å². The van der Waals surface area contributed by atoms with Crippen molar-refractivity contribution < 1.29 is 49.5 Å². The Labute approximate surface area is 323 Å². The Morgan fingerprint density at radius 3 is 1.94 bits per heavy atom. The molecule has 49 heavy (non-hydrogen) atoms. The molecule has 0 saturated carbocycles. The minimum atomic E-state index is -2.09. The minimum Gasteiger partial charge on any atom is -1.00 e. The summed E-state index contributed by atoms with van der Waals surface area (Å²) in [6.07, 6.45) is 2.45. The van der Waals surface area contributed by atoms with Crippen molar-refractivity contribution >= 4 is 57.7 Å². The normalized spacial score (nSPS) is 18.2. The van der Waals surface area contributed by atoms with E-state index in [9.17, 15) is 0 Å². The van der Waals surface area contributed by atoms with Crippen molar-refractivity contribution in [2.24, 2.45) is 5.92 Å². The summed E-state index contributed by atoms with van der Waals surface area (Å²) in [6.45, 7) is 12.4. The van der Waals surface area contributed by atoms with E-state index in [4.69, 9.17) is 11.6 Å². The fraction of sp³-hybridized carbons (Fsp3) is 0.182. The van der Waals surface area contributed by atoms with Crippen LogP contribution in [0.25, 0.3) is 55.1 Å². The number of halogens is 3. The summed E-state index contributed by atoms with van der Waals surface area (Å²) in [5.74, 6) is 0.682. The van der Waals surface area contributed by atoms with E-state index < -0.39 is 8.07 Å². The predicted molar refractivity (Wildman–Crippen MR) is 201 cm³/mol. The molecule has 5 heteroatoms. The van der Waals surface area contributed by atoms with Crippen LogP contribution in [0.15, 0.2) is 114 Å². The summed E-state index contributed by atoms with van der Waals surface area (Å²) in [5, 5.41) is 9.45. The average molecular weight is 790 g/mol. The predicted octanol–water partition coefficient (Wildman–Crippen LogP) is 6.02. The van der Waals surface area contributed by atoms with Crippen LogP contribution in [0.5, 0.6) is 0 Å². The molecule has 0 spiro atoms. The van der Waals surface area contributed by atoms with Gasteiger partial charge in [-0.05, 0) is 0 Å². The molecule has 1 heterocycles. The van der Waals surface area contributed by atoms with Crippen molar-refractivity contribution in [3.05, 3.63) is 147 Å². The molecule has 0 aromatic heterocycles. The Hall–Kier alpha value is -2.71. The van der Waals surface area contributed by atoms with Crippen LogP contribution in [0.1, 0.15) is 58.1 Å². The molecule has 0 radical (unpaired) electrons. The summed E-state index contributed by atoms with van der Waals surface area (Å²) >= 11 is 8.91. The molecule has 2 atom stereocenters. The maximum Gasteiger partial charge on any atom is -1.00 e. The third-order valence-corrected chi connectivity index (χ3v) is 16.7. The maximum absolute atomic E-state index is 7.32. The zero-order valence-electron chi connectivity index (χ0n) is 28.3. The second kappa shape index (κ2) is 12.5. The maximum atomic E-state index is 7.32. The summed E-state index contributed by atoms with van der Waals surface area (Å²) in [7, 11) is -2.09. The van der Waals surface area contributed by atoms with E-state index in [1.165, 1.54) is 66.1 Å². The summed E-state index contributed by atoms with van der Waals surface area (Å²) in [4.78, 5) is 0. The van der Waals surface area contributed by atoms with Crippen molar-refractivity contribution in [1.29, 1.82) is 0 Å². The number of allylic oxidation sites excluding steroid dienone is 2. The average Bonchev–Trinajstić information content (AvgIpc) is 3.63. The quantitative estimate of drug-likeness (QED) is 0.192. The van der Waals surface area contributed by atoms with E-state index in [1.54, 1.807) is 51.8 Å². The fourth-order valence-electron chi connectivity index (χ4n) is 9.41. The smallest absolute Gasteiger partial charge is 1.00 e. The molecule has 2 unspecified atom stereocenters. The van der Waals surface area contributed by atoms with Gasteiger partial charge in [0.15, 0.2) is 0 Å². The zero-order chi connectivity index (χ0) is 32.4. The monoisotopic (exact) mass is 787 g/mol. The second-order valence-electron chi connectivity index (χ2n) is 14.5. The Kier molecular flexibility index (Phi) is 8.86. The Balaban J connectivity index is 0.00000189. The van der Waals surface area contributed by atoms with Crippen molar-refractivity contribution in [2.75, 3.05) is 0 Å². The standard InChI is InChI=1S/C44H36ClSi.2ClH.Zr/c1-25(2)35-23-29-24-37(44-42(40(29)43(35)46(44,4)5)34-19-11-15-28-13-7-9-17-31(28)34)39-26(3)22-36-33(20-21-38(45)41(36)39)32-18-10-14-27-12-6-8-16-30(27)32;;;/h6-25,39H,1-5H3;2*1H;/q;;;+2/p-2. The minimum absolute atomic E-state index is 0. The first-order valence-electron chi connectivity index (χ1n) is 16.8. The topological polar surface area (TPSA) is 0 Å². The van der Waals surface area contributed by atoms with Crippen LogP contribution in [0.4, 0.5) is 0 Å². The molecule has 0 amide bonds. The molecular weight excluding hydrogens is 754 g/mol. The van der Waals surface area contributed by atoms with E-state index >= 15 is 0 Å². The summed E-state index contributed by atoms with van der Waals surface area (Å²) in [6, 6.07) is 38.3. The molecule has 6 aromatic carbocycles. The van der Waals surface area contributed by atoms with Crippen LogP contribution in [-0.2, 0) is 24.7 Å².